The van der Waals surface area contributed by atoms with Crippen molar-refractivity contribution in [3.8, 4) is 10.4 Å². The normalized spacial score (nSPS) is 14.1. The van der Waals surface area contributed by atoms with Crippen molar-refractivity contribution < 1.29 is 36.2 Å². The van der Waals surface area contributed by atoms with Gasteiger partial charge >= 0.3 is 6.18 Å². The van der Waals surface area contributed by atoms with Crippen LogP contribution in [0, 0.1) is 0 Å². The van der Waals surface area contributed by atoms with Crippen molar-refractivity contribution >= 4 is 50.5 Å². The minimum Gasteiger partial charge on any atom is -0.389 e. The van der Waals surface area contributed by atoms with Gasteiger partial charge in [-0.05, 0) is 40.7 Å². The third-order valence-electron chi connectivity index (χ3n) is 5.12. The fraction of sp³-hybridized carbons (Fsp3) is 0.545. The molecule has 3 N–H and O–H groups in total. The molecule has 1 amide bonds. The number of nitrogens with one attached hydrogen (secondary N) is 2. The van der Waals surface area contributed by atoms with Gasteiger partial charge in [0.2, 0.25) is 10.0 Å². The van der Waals surface area contributed by atoms with Gasteiger partial charge in [0.05, 0.1) is 31.8 Å². The van der Waals surface area contributed by atoms with Crippen molar-refractivity contribution in [1.82, 2.24) is 15.0 Å². The number of thiazole rings is 1. The molecule has 0 aliphatic carbocycles. The van der Waals surface area contributed by atoms with Crippen LogP contribution in [0.1, 0.15) is 50.1 Å². The summed E-state index contributed by atoms with van der Waals surface area (Å²) in [5.41, 5.74) is -1.23. The van der Waals surface area contributed by atoms with E-state index in [2.05, 4.69) is 10.3 Å². The van der Waals surface area contributed by atoms with E-state index in [0.717, 1.165) is 17.4 Å². The first-order valence-corrected chi connectivity index (χ1v) is 13.9. The highest BCUT2D eigenvalue weighted by atomic mass is 35.5. The highest BCUT2D eigenvalue weighted by molar-refractivity contribution is 7.89. The monoisotopic (exact) mass is 605 g/mol. The topological polar surface area (TPSA) is 118 Å². The van der Waals surface area contributed by atoms with Crippen LogP contribution in [0.25, 0.3) is 10.4 Å². The lowest BCUT2D eigenvalue weighted by atomic mass is 10.00. The first-order valence-electron chi connectivity index (χ1n) is 10.8. The lowest BCUT2D eigenvalue weighted by molar-refractivity contribution is -0.147. The van der Waals surface area contributed by atoms with Gasteiger partial charge in [0.25, 0.3) is 5.91 Å². The second-order valence-corrected chi connectivity index (χ2v) is 13.0. The zero-order valence-corrected chi connectivity index (χ0v) is 24.0. The number of sulfonamides is 1. The molecule has 0 radical (unpaired) electrons. The Kier molecular flexibility index (Phi) is 9.71. The molecule has 0 aliphatic heterocycles. The molecule has 0 unspecified atom stereocenters. The number of benzene rings is 1. The van der Waals surface area contributed by atoms with E-state index < -0.39 is 49.3 Å². The molecule has 1 heterocycles. The second kappa shape index (κ2) is 11.3. The van der Waals surface area contributed by atoms with Gasteiger partial charge in [0.1, 0.15) is 10.9 Å². The number of hydrogen-bond acceptors (Lipinski definition) is 7. The summed E-state index contributed by atoms with van der Waals surface area (Å²) in [5, 5.41) is 11.8. The number of rotatable bonds is 10. The Bertz CT molecular complexity index is 1260. The molecule has 37 heavy (non-hydrogen) atoms. The number of methoxy groups -OCH3 is 1. The Labute approximate surface area is 227 Å². The maximum absolute atomic E-state index is 12.9. The van der Waals surface area contributed by atoms with Crippen LogP contribution in [-0.2, 0) is 21.2 Å². The average molecular weight is 607 g/mol. The molecule has 15 heteroatoms. The number of nitrogens with zero attached hydrogens (tertiary/aromatic N) is 1. The molecular formula is C22H28Cl2F3N3O5S2. The fourth-order valence-corrected chi connectivity index (χ4v) is 6.09. The minimum atomic E-state index is -4.81. The summed E-state index contributed by atoms with van der Waals surface area (Å²) in [7, 11) is -3.17. The number of amides is 1. The van der Waals surface area contributed by atoms with Crippen LogP contribution in [0.15, 0.2) is 17.0 Å². The second-order valence-electron chi connectivity index (χ2n) is 9.55. The average Bonchev–Trinajstić information content (AvgIpc) is 3.15. The van der Waals surface area contributed by atoms with E-state index in [-0.39, 0.29) is 28.6 Å². The van der Waals surface area contributed by atoms with Crippen molar-refractivity contribution in [1.29, 1.82) is 0 Å². The molecule has 0 saturated heterocycles. The largest absolute Gasteiger partial charge is 0.404 e. The van der Waals surface area contributed by atoms with Crippen LogP contribution in [-0.4, -0.2) is 61.5 Å². The van der Waals surface area contributed by atoms with Crippen LogP contribution < -0.4 is 10.0 Å². The van der Waals surface area contributed by atoms with E-state index in [4.69, 9.17) is 27.9 Å². The maximum atomic E-state index is 12.9. The summed E-state index contributed by atoms with van der Waals surface area (Å²) in [5.74, 6) is -0.554. The highest BCUT2D eigenvalue weighted by Gasteiger charge is 2.39. The lowest BCUT2D eigenvalue weighted by Gasteiger charge is -2.22. The zero-order chi connectivity index (χ0) is 28.6. The minimum absolute atomic E-state index is 0.0396. The van der Waals surface area contributed by atoms with Crippen molar-refractivity contribution in [2.24, 2.45) is 0 Å². The molecule has 8 nitrogen and oxygen atoms in total. The molecule has 0 fully saturated rings. The number of hydrogen-bond donors (Lipinski definition) is 3. The van der Waals surface area contributed by atoms with Gasteiger partial charge in [0.15, 0.2) is 5.01 Å². The van der Waals surface area contributed by atoms with E-state index in [0.29, 0.717) is 17.5 Å². The lowest BCUT2D eigenvalue weighted by Crippen LogP contribution is -2.43. The summed E-state index contributed by atoms with van der Waals surface area (Å²) < 4.78 is 70.9. The van der Waals surface area contributed by atoms with Crippen molar-refractivity contribution in [3.05, 3.63) is 32.9 Å². The van der Waals surface area contributed by atoms with Gasteiger partial charge in [-0.2, -0.15) is 17.9 Å². The summed E-state index contributed by atoms with van der Waals surface area (Å²) >= 11 is 13.6. The standard InChI is InChI=1S/C22H28Cl2F3N3O5S2/c1-11(22(25,26)27)30-37(33,34)14-8-7-12(15(23)16(14)24)17-13(9-21(4,5)35-6)29-19(36-17)18(31)28-10-20(2,3)32/h7-8,11,30,32H,9-10H2,1-6H3,(H,28,31)/t11-/m0/s1. The predicted molar refractivity (Wildman–Crippen MR) is 137 cm³/mol. The number of aliphatic hydroxyl groups is 1. The third kappa shape index (κ3) is 8.25. The molecule has 0 saturated carbocycles. The molecule has 1 atom stereocenters. The molecule has 2 aromatic rings. The number of carbonyl (C=O) groups excluding carboxylic acids is 1. The molecular weight excluding hydrogens is 578 g/mol. The van der Waals surface area contributed by atoms with Gasteiger partial charge < -0.3 is 15.2 Å². The van der Waals surface area contributed by atoms with E-state index in [1.165, 1.54) is 31.7 Å². The van der Waals surface area contributed by atoms with E-state index in [1.807, 2.05) is 0 Å². The van der Waals surface area contributed by atoms with Crippen LogP contribution in [0.2, 0.25) is 10.0 Å². The summed E-state index contributed by atoms with van der Waals surface area (Å²) in [6.07, 6.45) is -4.58. The number of alkyl halides is 3. The van der Waals surface area contributed by atoms with Gasteiger partial charge in [0, 0.05) is 25.6 Å². The Morgan fingerprint density at radius 2 is 1.78 bits per heavy atom. The first kappa shape index (κ1) is 31.7. The predicted octanol–water partition coefficient (Wildman–Crippen LogP) is 4.81. The maximum Gasteiger partial charge on any atom is 0.404 e. The van der Waals surface area contributed by atoms with E-state index in [9.17, 15) is 31.5 Å². The van der Waals surface area contributed by atoms with Gasteiger partial charge in [-0.1, -0.05) is 29.3 Å². The quantitative estimate of drug-likeness (QED) is 0.357. The number of carbonyl (C=O) groups is 1. The molecule has 0 spiro atoms. The summed E-state index contributed by atoms with van der Waals surface area (Å²) in [4.78, 5) is 16.9. The van der Waals surface area contributed by atoms with Crippen LogP contribution in [0.3, 0.4) is 0 Å². The zero-order valence-electron chi connectivity index (χ0n) is 20.9. The smallest absolute Gasteiger partial charge is 0.389 e. The Morgan fingerprint density at radius 3 is 2.30 bits per heavy atom. The van der Waals surface area contributed by atoms with Crippen LogP contribution in [0.4, 0.5) is 13.2 Å². The van der Waals surface area contributed by atoms with E-state index >= 15 is 0 Å². The van der Waals surface area contributed by atoms with Gasteiger partial charge in [-0.15, -0.1) is 11.3 Å². The SMILES string of the molecule is COC(C)(C)Cc1nc(C(=O)NCC(C)(C)O)sc1-c1ccc(S(=O)(=O)N[C@@H](C)C(F)(F)F)c(Cl)c1Cl. The molecule has 0 aliphatic rings. The van der Waals surface area contributed by atoms with Crippen molar-refractivity contribution in [3.63, 3.8) is 0 Å². The van der Waals surface area contributed by atoms with E-state index in [1.54, 1.807) is 13.8 Å². The van der Waals surface area contributed by atoms with Gasteiger partial charge in [-0.3, -0.25) is 4.79 Å². The first-order chi connectivity index (χ1) is 16.7. The molecule has 1 aromatic carbocycles. The molecule has 1 aromatic heterocycles. The molecule has 2 rings (SSSR count). The van der Waals surface area contributed by atoms with Gasteiger partial charge in [-0.25, -0.2) is 13.4 Å². The van der Waals surface area contributed by atoms with Crippen molar-refractivity contribution in [2.75, 3.05) is 13.7 Å². The Hall–Kier alpha value is -1.48. The highest BCUT2D eigenvalue weighted by Crippen LogP contribution is 2.42. The summed E-state index contributed by atoms with van der Waals surface area (Å²) in [6.45, 7) is 7.25. The fourth-order valence-electron chi connectivity index (χ4n) is 2.90. The molecule has 208 valence electrons. The van der Waals surface area contributed by atoms with Crippen LogP contribution in [0.5, 0.6) is 0 Å². The number of ether oxygens (including phenoxy) is 1. The molecule has 0 bridgehead atoms. The Balaban J connectivity index is 2.57. The Morgan fingerprint density at radius 1 is 1.19 bits per heavy atom. The summed E-state index contributed by atoms with van der Waals surface area (Å²) in [6, 6.07) is -0.0361. The van der Waals surface area contributed by atoms with Crippen molar-refractivity contribution in [2.45, 2.75) is 69.4 Å². The number of aromatic nitrogens is 1. The number of halogens is 5. The van der Waals surface area contributed by atoms with Crippen LogP contribution >= 0.6 is 34.5 Å². The third-order valence-corrected chi connectivity index (χ3v) is 8.83.